The molecule has 0 saturated heterocycles. The van der Waals surface area contributed by atoms with Crippen LogP contribution in [0.25, 0.3) is 0 Å². The summed E-state index contributed by atoms with van der Waals surface area (Å²) in [6.45, 7) is 0.575. The number of nitrogens with two attached hydrogens (primary N) is 2. The van der Waals surface area contributed by atoms with Gasteiger partial charge in [-0.15, -0.1) is 0 Å². The minimum atomic E-state index is -0.386. The maximum absolute atomic E-state index is 10.7. The number of amides is 1. The predicted octanol–water partition coefficient (Wildman–Crippen LogP) is 0.708. The number of hydrogen-bond donors (Lipinski definition) is 2. The van der Waals surface area contributed by atoms with Gasteiger partial charge in [0, 0.05) is 19.6 Å². The first kappa shape index (κ1) is 11.7. The molecule has 0 aliphatic heterocycles. The number of carbonyl (C=O) groups excluding carboxylic acids is 1. The summed E-state index contributed by atoms with van der Waals surface area (Å²) in [4.78, 5) is 10.7. The molecule has 0 aromatic heterocycles. The number of methoxy groups -OCH3 is 1. The molecule has 0 aliphatic carbocycles. The minimum Gasteiger partial charge on any atom is -0.380 e. The third-order valence-corrected chi connectivity index (χ3v) is 2.14. The Labute approximate surface area is 89.2 Å². The number of rotatable bonds is 5. The van der Waals surface area contributed by atoms with Crippen LogP contribution in [-0.2, 0) is 16.1 Å². The van der Waals surface area contributed by atoms with Gasteiger partial charge in [-0.1, -0.05) is 24.3 Å². The lowest BCUT2D eigenvalue weighted by Gasteiger charge is -2.10. The Balaban J connectivity index is 2.66. The summed E-state index contributed by atoms with van der Waals surface area (Å²) in [6, 6.07) is 7.32. The molecule has 0 heterocycles. The third kappa shape index (κ3) is 3.69. The molecule has 1 unspecified atom stereocenters. The zero-order valence-corrected chi connectivity index (χ0v) is 8.77. The normalized spacial score (nSPS) is 12.4. The maximum atomic E-state index is 10.7. The Morgan fingerprint density at radius 3 is 2.47 bits per heavy atom. The van der Waals surface area contributed by atoms with Crippen LogP contribution in [0.4, 0.5) is 0 Å². The zero-order valence-electron chi connectivity index (χ0n) is 8.77. The average molecular weight is 208 g/mol. The first-order valence-corrected chi connectivity index (χ1v) is 4.75. The molecule has 1 aromatic carbocycles. The van der Waals surface area contributed by atoms with E-state index in [0.717, 1.165) is 11.1 Å². The number of ether oxygens (including phenoxy) is 1. The van der Waals surface area contributed by atoms with Crippen LogP contribution in [-0.4, -0.2) is 13.0 Å². The van der Waals surface area contributed by atoms with Crippen LogP contribution < -0.4 is 11.5 Å². The smallest absolute Gasteiger partial charge is 0.219 e. The van der Waals surface area contributed by atoms with Gasteiger partial charge >= 0.3 is 0 Å². The highest BCUT2D eigenvalue weighted by Gasteiger charge is 2.08. The highest BCUT2D eigenvalue weighted by Crippen LogP contribution is 2.14. The topological polar surface area (TPSA) is 78.3 Å². The van der Waals surface area contributed by atoms with Crippen molar-refractivity contribution in [2.24, 2.45) is 11.5 Å². The van der Waals surface area contributed by atoms with E-state index < -0.39 is 0 Å². The van der Waals surface area contributed by atoms with Gasteiger partial charge < -0.3 is 16.2 Å². The fourth-order valence-electron chi connectivity index (χ4n) is 1.36. The van der Waals surface area contributed by atoms with Gasteiger partial charge in [-0.2, -0.15) is 0 Å². The molecule has 0 aliphatic rings. The van der Waals surface area contributed by atoms with Crippen molar-refractivity contribution in [3.63, 3.8) is 0 Å². The summed E-state index contributed by atoms with van der Waals surface area (Å²) in [5, 5.41) is 0. The average Bonchev–Trinajstić information content (AvgIpc) is 2.18. The Bertz CT molecular complexity index is 322. The Hall–Kier alpha value is -1.39. The van der Waals surface area contributed by atoms with Crippen molar-refractivity contribution in [3.8, 4) is 0 Å². The quantitative estimate of drug-likeness (QED) is 0.748. The minimum absolute atomic E-state index is 0.170. The Kier molecular flexibility index (Phi) is 4.27. The molecule has 1 atom stereocenters. The van der Waals surface area contributed by atoms with Crippen LogP contribution in [0.5, 0.6) is 0 Å². The lowest BCUT2D eigenvalue weighted by Crippen LogP contribution is -2.20. The second-order valence-corrected chi connectivity index (χ2v) is 3.45. The van der Waals surface area contributed by atoms with Crippen molar-refractivity contribution in [2.45, 2.75) is 19.1 Å². The Morgan fingerprint density at radius 2 is 2.00 bits per heavy atom. The van der Waals surface area contributed by atoms with Gasteiger partial charge in [-0.25, -0.2) is 0 Å². The fourth-order valence-corrected chi connectivity index (χ4v) is 1.36. The first-order valence-electron chi connectivity index (χ1n) is 4.75. The molecule has 0 radical (unpaired) electrons. The molecule has 1 amide bonds. The monoisotopic (exact) mass is 208 g/mol. The highest BCUT2D eigenvalue weighted by atomic mass is 16.5. The molecule has 1 aromatic rings. The molecule has 82 valence electrons. The third-order valence-electron chi connectivity index (χ3n) is 2.14. The van der Waals surface area contributed by atoms with E-state index in [-0.39, 0.29) is 18.4 Å². The van der Waals surface area contributed by atoms with E-state index >= 15 is 0 Å². The van der Waals surface area contributed by atoms with Crippen molar-refractivity contribution in [1.29, 1.82) is 0 Å². The summed E-state index contributed by atoms with van der Waals surface area (Å²) >= 11 is 0. The second-order valence-electron chi connectivity index (χ2n) is 3.45. The molecular weight excluding hydrogens is 192 g/mol. The van der Waals surface area contributed by atoms with E-state index in [1.165, 1.54) is 0 Å². The lowest BCUT2D eigenvalue weighted by molar-refractivity contribution is -0.118. The van der Waals surface area contributed by atoms with Crippen LogP contribution in [0.3, 0.4) is 0 Å². The number of primary amides is 1. The first-order chi connectivity index (χ1) is 7.13. The van der Waals surface area contributed by atoms with Gasteiger partial charge in [0.25, 0.3) is 0 Å². The lowest BCUT2D eigenvalue weighted by atomic mass is 10.0. The van der Waals surface area contributed by atoms with Gasteiger partial charge in [0.15, 0.2) is 0 Å². The van der Waals surface area contributed by atoms with Gasteiger partial charge in [0.2, 0.25) is 5.91 Å². The molecule has 4 heteroatoms. The van der Waals surface area contributed by atoms with E-state index in [2.05, 4.69) is 0 Å². The molecule has 4 nitrogen and oxygen atoms in total. The highest BCUT2D eigenvalue weighted by molar-refractivity contribution is 5.74. The largest absolute Gasteiger partial charge is 0.380 e. The predicted molar refractivity (Wildman–Crippen MR) is 57.9 cm³/mol. The SMILES string of the molecule is COCc1ccc(C(N)CC(N)=O)cc1. The van der Waals surface area contributed by atoms with E-state index in [9.17, 15) is 4.79 Å². The van der Waals surface area contributed by atoms with Crippen LogP contribution >= 0.6 is 0 Å². The van der Waals surface area contributed by atoms with Crippen LogP contribution in [0.15, 0.2) is 24.3 Å². The van der Waals surface area contributed by atoms with Gasteiger partial charge in [0.05, 0.1) is 6.61 Å². The molecule has 4 N–H and O–H groups in total. The maximum Gasteiger partial charge on any atom is 0.219 e. The van der Waals surface area contributed by atoms with E-state index in [1.807, 2.05) is 24.3 Å². The molecule has 1 rings (SSSR count). The Morgan fingerprint density at radius 1 is 1.40 bits per heavy atom. The van der Waals surface area contributed by atoms with Crippen LogP contribution in [0, 0.1) is 0 Å². The van der Waals surface area contributed by atoms with Crippen molar-refractivity contribution < 1.29 is 9.53 Å². The van der Waals surface area contributed by atoms with Crippen molar-refractivity contribution in [2.75, 3.05) is 7.11 Å². The molecule has 15 heavy (non-hydrogen) atoms. The van der Waals surface area contributed by atoms with Crippen molar-refractivity contribution in [3.05, 3.63) is 35.4 Å². The molecule has 0 fully saturated rings. The van der Waals surface area contributed by atoms with Crippen molar-refractivity contribution >= 4 is 5.91 Å². The van der Waals surface area contributed by atoms with Crippen molar-refractivity contribution in [1.82, 2.24) is 0 Å². The second kappa shape index (κ2) is 5.48. The summed E-state index contributed by atoms with van der Waals surface area (Å²) in [7, 11) is 1.65. The summed E-state index contributed by atoms with van der Waals surface area (Å²) in [6.07, 6.45) is 0.170. The molecule has 0 bridgehead atoms. The standard InChI is InChI=1S/C11H16N2O2/c1-15-7-8-2-4-9(5-3-8)10(12)6-11(13)14/h2-5,10H,6-7,12H2,1H3,(H2,13,14). The number of hydrogen-bond acceptors (Lipinski definition) is 3. The summed E-state index contributed by atoms with van der Waals surface area (Å²) in [5.41, 5.74) is 12.8. The van der Waals surface area contributed by atoms with E-state index in [4.69, 9.17) is 16.2 Å². The van der Waals surface area contributed by atoms with Crippen LogP contribution in [0.1, 0.15) is 23.6 Å². The molecule has 0 saturated carbocycles. The molecular formula is C11H16N2O2. The van der Waals surface area contributed by atoms with Gasteiger partial charge in [-0.05, 0) is 11.1 Å². The van der Waals surface area contributed by atoms with E-state index in [1.54, 1.807) is 7.11 Å². The van der Waals surface area contributed by atoms with Gasteiger partial charge in [-0.3, -0.25) is 4.79 Å². The zero-order chi connectivity index (χ0) is 11.3. The van der Waals surface area contributed by atoms with E-state index in [0.29, 0.717) is 6.61 Å². The number of carbonyl (C=O) groups is 1. The fraction of sp³-hybridized carbons (Fsp3) is 0.364. The summed E-state index contributed by atoms with van der Waals surface area (Å²) in [5.74, 6) is -0.386. The number of benzene rings is 1. The van der Waals surface area contributed by atoms with Gasteiger partial charge in [0.1, 0.15) is 0 Å². The summed E-state index contributed by atoms with van der Waals surface area (Å²) < 4.78 is 4.99. The van der Waals surface area contributed by atoms with Crippen LogP contribution in [0.2, 0.25) is 0 Å². The molecule has 0 spiro atoms.